The number of rotatable bonds is 7. The second kappa shape index (κ2) is 8.83. The molecule has 0 bridgehead atoms. The van der Waals surface area contributed by atoms with Gasteiger partial charge in [-0.2, -0.15) is 4.98 Å². The van der Waals surface area contributed by atoms with Crippen molar-refractivity contribution in [3.05, 3.63) is 28.6 Å². The lowest BCUT2D eigenvalue weighted by Crippen LogP contribution is -2.21. The van der Waals surface area contributed by atoms with Crippen LogP contribution in [0.3, 0.4) is 0 Å². The minimum absolute atomic E-state index is 0.0331. The number of nitrogens with one attached hydrogen (secondary N) is 1. The van der Waals surface area contributed by atoms with Gasteiger partial charge in [-0.3, -0.25) is 4.79 Å². The summed E-state index contributed by atoms with van der Waals surface area (Å²) in [5, 5.41) is 3.16. The van der Waals surface area contributed by atoms with E-state index in [9.17, 15) is 9.59 Å². The van der Waals surface area contributed by atoms with Gasteiger partial charge in [0.2, 0.25) is 5.91 Å². The van der Waals surface area contributed by atoms with E-state index in [4.69, 9.17) is 9.15 Å². The Labute approximate surface area is 152 Å². The van der Waals surface area contributed by atoms with Gasteiger partial charge in [-0.25, -0.2) is 4.79 Å². The van der Waals surface area contributed by atoms with Crippen molar-refractivity contribution in [1.82, 2.24) is 4.98 Å². The van der Waals surface area contributed by atoms with E-state index in [2.05, 4.69) is 17.2 Å². The van der Waals surface area contributed by atoms with E-state index in [1.54, 1.807) is 18.2 Å². The molecule has 1 fully saturated rings. The summed E-state index contributed by atoms with van der Waals surface area (Å²) in [7, 11) is 0. The standard InChI is InChI=1S/C20H26N2O4/c1-2-3-5-10-18(23)21-14-11-12-17-16(13-14)19(24)26-20(22-17)25-15-8-6-4-7-9-15/h11-13,15H,2-10H2,1H3,(H,21,23). The van der Waals surface area contributed by atoms with Crippen LogP contribution in [0, 0.1) is 0 Å². The van der Waals surface area contributed by atoms with Crippen LogP contribution in [-0.2, 0) is 4.79 Å². The van der Waals surface area contributed by atoms with E-state index in [1.165, 1.54) is 6.42 Å². The molecule has 6 heteroatoms. The highest BCUT2D eigenvalue weighted by atomic mass is 16.6. The van der Waals surface area contributed by atoms with E-state index in [0.29, 0.717) is 23.0 Å². The maximum atomic E-state index is 12.3. The van der Waals surface area contributed by atoms with Crippen LogP contribution in [0.2, 0.25) is 0 Å². The van der Waals surface area contributed by atoms with Gasteiger partial charge in [-0.1, -0.05) is 26.2 Å². The first kappa shape index (κ1) is 18.4. The second-order valence-corrected chi connectivity index (χ2v) is 6.88. The number of ether oxygens (including phenoxy) is 1. The molecule has 2 aromatic rings. The van der Waals surface area contributed by atoms with Crippen molar-refractivity contribution >= 4 is 22.5 Å². The van der Waals surface area contributed by atoms with E-state index in [1.807, 2.05) is 0 Å². The maximum absolute atomic E-state index is 12.3. The molecular formula is C20H26N2O4. The van der Waals surface area contributed by atoms with E-state index >= 15 is 0 Å². The Bertz CT molecular complexity index is 809. The maximum Gasteiger partial charge on any atom is 0.397 e. The predicted octanol–water partition coefficient (Wildman–Crippen LogP) is 4.42. The molecule has 1 amide bonds. The lowest BCUT2D eigenvalue weighted by Gasteiger charge is -2.21. The number of anilines is 1. The Kier molecular flexibility index (Phi) is 6.26. The summed E-state index contributed by atoms with van der Waals surface area (Å²) in [5.74, 6) is -0.0487. The van der Waals surface area contributed by atoms with Gasteiger partial charge in [0.15, 0.2) is 0 Å². The fourth-order valence-corrected chi connectivity index (χ4v) is 3.27. The van der Waals surface area contributed by atoms with Crippen molar-refractivity contribution in [3.8, 4) is 6.08 Å². The number of nitrogens with zero attached hydrogens (tertiary/aromatic N) is 1. The molecule has 3 rings (SSSR count). The first-order valence-corrected chi connectivity index (χ1v) is 9.57. The summed E-state index contributed by atoms with van der Waals surface area (Å²) in [4.78, 5) is 28.5. The van der Waals surface area contributed by atoms with Crippen LogP contribution < -0.4 is 15.7 Å². The Morgan fingerprint density at radius 3 is 2.85 bits per heavy atom. The third-order valence-corrected chi connectivity index (χ3v) is 4.72. The van der Waals surface area contributed by atoms with Crippen molar-refractivity contribution in [1.29, 1.82) is 0 Å². The largest absolute Gasteiger partial charge is 0.447 e. The molecule has 0 radical (unpaired) electrons. The molecule has 26 heavy (non-hydrogen) atoms. The van der Waals surface area contributed by atoms with Crippen LogP contribution in [0.5, 0.6) is 6.08 Å². The number of aromatic nitrogens is 1. The molecule has 1 heterocycles. The fraction of sp³-hybridized carbons (Fsp3) is 0.550. The molecule has 0 aliphatic heterocycles. The van der Waals surface area contributed by atoms with Crippen LogP contribution in [0.25, 0.3) is 10.9 Å². The van der Waals surface area contributed by atoms with Gasteiger partial charge in [0, 0.05) is 12.1 Å². The van der Waals surface area contributed by atoms with Gasteiger partial charge in [0.1, 0.15) is 6.10 Å². The Morgan fingerprint density at radius 2 is 2.08 bits per heavy atom. The van der Waals surface area contributed by atoms with Crippen LogP contribution in [0.15, 0.2) is 27.4 Å². The molecule has 1 aliphatic carbocycles. The number of hydrogen-bond acceptors (Lipinski definition) is 5. The molecule has 0 spiro atoms. The van der Waals surface area contributed by atoms with Gasteiger partial charge < -0.3 is 14.5 Å². The molecule has 0 saturated heterocycles. The minimum atomic E-state index is -0.497. The zero-order valence-electron chi connectivity index (χ0n) is 15.3. The summed E-state index contributed by atoms with van der Waals surface area (Å²) in [6.45, 7) is 2.10. The molecular weight excluding hydrogens is 332 g/mol. The summed E-state index contributed by atoms with van der Waals surface area (Å²) < 4.78 is 11.0. The molecule has 1 saturated carbocycles. The smallest absolute Gasteiger partial charge is 0.397 e. The Balaban J connectivity index is 1.71. The molecule has 1 N–H and O–H groups in total. The van der Waals surface area contributed by atoms with Crippen LogP contribution in [-0.4, -0.2) is 17.0 Å². The van der Waals surface area contributed by atoms with Crippen molar-refractivity contribution in [2.75, 3.05) is 5.32 Å². The molecule has 0 unspecified atom stereocenters. The predicted molar refractivity (Wildman–Crippen MR) is 101 cm³/mol. The Morgan fingerprint density at radius 1 is 1.27 bits per heavy atom. The van der Waals surface area contributed by atoms with Crippen molar-refractivity contribution in [3.63, 3.8) is 0 Å². The number of hydrogen-bond donors (Lipinski definition) is 1. The highest BCUT2D eigenvalue weighted by molar-refractivity contribution is 5.93. The third kappa shape index (κ3) is 4.84. The van der Waals surface area contributed by atoms with E-state index in [-0.39, 0.29) is 18.1 Å². The zero-order valence-corrected chi connectivity index (χ0v) is 15.3. The fourth-order valence-electron chi connectivity index (χ4n) is 3.27. The quantitative estimate of drug-likeness (QED) is 0.741. The Hall–Kier alpha value is -2.37. The van der Waals surface area contributed by atoms with E-state index in [0.717, 1.165) is 44.9 Å². The monoisotopic (exact) mass is 358 g/mol. The average Bonchev–Trinajstić information content (AvgIpc) is 2.63. The lowest BCUT2D eigenvalue weighted by molar-refractivity contribution is -0.116. The number of fused-ring (bicyclic) bond motifs is 1. The first-order chi connectivity index (χ1) is 12.7. The van der Waals surface area contributed by atoms with Crippen molar-refractivity contribution in [2.24, 2.45) is 0 Å². The van der Waals surface area contributed by atoms with Crippen molar-refractivity contribution in [2.45, 2.75) is 70.8 Å². The van der Waals surface area contributed by atoms with Crippen LogP contribution in [0.4, 0.5) is 5.69 Å². The zero-order chi connectivity index (χ0) is 18.4. The average molecular weight is 358 g/mol. The third-order valence-electron chi connectivity index (χ3n) is 4.72. The first-order valence-electron chi connectivity index (χ1n) is 9.57. The minimum Gasteiger partial charge on any atom is -0.447 e. The molecule has 1 aliphatic rings. The lowest BCUT2D eigenvalue weighted by atomic mass is 9.98. The molecule has 6 nitrogen and oxygen atoms in total. The summed E-state index contributed by atoms with van der Waals surface area (Å²) >= 11 is 0. The number of amides is 1. The molecule has 0 atom stereocenters. The highest BCUT2D eigenvalue weighted by Gasteiger charge is 2.18. The summed E-state index contributed by atoms with van der Waals surface area (Å²) in [5.41, 5.74) is 0.591. The van der Waals surface area contributed by atoms with Gasteiger partial charge in [-0.15, -0.1) is 0 Å². The normalized spacial score (nSPS) is 15.1. The molecule has 1 aromatic heterocycles. The molecule has 140 valence electrons. The van der Waals surface area contributed by atoms with Gasteiger partial charge >= 0.3 is 11.7 Å². The van der Waals surface area contributed by atoms with Crippen LogP contribution >= 0.6 is 0 Å². The van der Waals surface area contributed by atoms with Crippen molar-refractivity contribution < 1.29 is 13.9 Å². The number of unbranched alkanes of at least 4 members (excludes halogenated alkanes) is 2. The van der Waals surface area contributed by atoms with Gasteiger partial charge in [0.25, 0.3) is 0 Å². The van der Waals surface area contributed by atoms with Crippen LogP contribution in [0.1, 0.15) is 64.7 Å². The van der Waals surface area contributed by atoms with Gasteiger partial charge in [-0.05, 0) is 50.3 Å². The number of benzene rings is 1. The van der Waals surface area contributed by atoms with Gasteiger partial charge in [0.05, 0.1) is 10.9 Å². The SMILES string of the molecule is CCCCCC(=O)Nc1ccc2nc(OC3CCCCC3)oc(=O)c2c1. The molecule has 1 aromatic carbocycles. The second-order valence-electron chi connectivity index (χ2n) is 6.88. The summed E-state index contributed by atoms with van der Waals surface area (Å²) in [6, 6.07) is 5.06. The highest BCUT2D eigenvalue weighted by Crippen LogP contribution is 2.23. The number of carbonyl (C=O) groups is 1. The number of carbonyl (C=O) groups excluding carboxylic acids is 1. The topological polar surface area (TPSA) is 81.4 Å². The summed E-state index contributed by atoms with van der Waals surface area (Å²) in [6.07, 6.45) is 8.95. The van der Waals surface area contributed by atoms with E-state index < -0.39 is 5.63 Å².